The molecule has 0 saturated carbocycles. The molecule has 0 radical (unpaired) electrons. The molecule has 0 aliphatic rings. The summed E-state index contributed by atoms with van der Waals surface area (Å²) in [7, 11) is 0. The summed E-state index contributed by atoms with van der Waals surface area (Å²) in [6, 6.07) is 0. The molecular formula is C7H10F2O. The Morgan fingerprint density at radius 3 is 2.20 bits per heavy atom. The Morgan fingerprint density at radius 1 is 1.40 bits per heavy atom. The lowest BCUT2D eigenvalue weighted by Gasteiger charge is -1.95. The van der Waals surface area contributed by atoms with Crippen molar-refractivity contribution in [1.82, 2.24) is 0 Å². The predicted octanol–water partition coefficient (Wildman–Crippen LogP) is 2.03. The topological polar surface area (TPSA) is 17.1 Å². The van der Waals surface area contributed by atoms with E-state index in [1.807, 2.05) is 0 Å². The van der Waals surface area contributed by atoms with Gasteiger partial charge in [-0.1, -0.05) is 13.8 Å². The summed E-state index contributed by atoms with van der Waals surface area (Å²) >= 11 is 0. The number of hydrogen-bond acceptors (Lipinski definition) is 1. The van der Waals surface area contributed by atoms with Crippen LogP contribution in [0, 0.1) is 5.92 Å². The zero-order chi connectivity index (χ0) is 8.15. The molecular weight excluding hydrogens is 138 g/mol. The lowest BCUT2D eigenvalue weighted by atomic mass is 10.1. The van der Waals surface area contributed by atoms with Crippen LogP contribution in [-0.2, 0) is 4.79 Å². The zero-order valence-electron chi connectivity index (χ0n) is 5.97. The van der Waals surface area contributed by atoms with E-state index in [9.17, 15) is 13.6 Å². The summed E-state index contributed by atoms with van der Waals surface area (Å²) in [6.45, 7) is 3.33. The van der Waals surface area contributed by atoms with Gasteiger partial charge in [-0.15, -0.1) is 0 Å². The largest absolute Gasteiger partial charge is 0.295 e. The Labute approximate surface area is 58.7 Å². The maximum Gasteiger partial charge on any atom is 0.257 e. The molecule has 0 amide bonds. The molecule has 1 nitrogen and oxygen atoms in total. The molecule has 0 rings (SSSR count). The van der Waals surface area contributed by atoms with E-state index in [-0.39, 0.29) is 11.7 Å². The maximum atomic E-state index is 11.4. The normalized spacial score (nSPS) is 11.8. The third kappa shape index (κ3) is 4.18. The molecule has 0 aromatic heterocycles. The van der Waals surface area contributed by atoms with Crippen molar-refractivity contribution in [2.75, 3.05) is 0 Å². The summed E-state index contributed by atoms with van der Waals surface area (Å²) in [5, 5.41) is 0. The Morgan fingerprint density at radius 2 is 1.90 bits per heavy atom. The number of hydrogen-bond donors (Lipinski definition) is 0. The Balaban J connectivity index is 3.79. The van der Waals surface area contributed by atoms with Gasteiger partial charge in [-0.05, 0) is 12.2 Å². The van der Waals surface area contributed by atoms with E-state index in [4.69, 9.17) is 0 Å². The van der Waals surface area contributed by atoms with Gasteiger partial charge in [-0.25, -0.2) is 8.78 Å². The first-order chi connectivity index (χ1) is 4.54. The predicted molar refractivity (Wildman–Crippen MR) is 35.0 cm³/mol. The molecule has 0 N–H and O–H groups in total. The van der Waals surface area contributed by atoms with Crippen molar-refractivity contribution in [1.29, 1.82) is 0 Å². The fraction of sp³-hybridized carbons (Fsp3) is 0.571. The number of ketones is 1. The summed E-state index contributed by atoms with van der Waals surface area (Å²) in [6.07, 6.45) is -1.000. The average molecular weight is 148 g/mol. The number of alkyl halides is 2. The Kier molecular flexibility index (Phi) is 3.84. The minimum atomic E-state index is -2.53. The van der Waals surface area contributed by atoms with Crippen molar-refractivity contribution in [3.63, 3.8) is 0 Å². The second kappa shape index (κ2) is 4.14. The van der Waals surface area contributed by atoms with Gasteiger partial charge in [-0.2, -0.15) is 0 Å². The molecule has 3 heteroatoms. The Bertz CT molecular complexity index is 139. The van der Waals surface area contributed by atoms with Gasteiger partial charge < -0.3 is 0 Å². The molecule has 0 spiro atoms. The van der Waals surface area contributed by atoms with Crippen LogP contribution in [0.4, 0.5) is 8.78 Å². The van der Waals surface area contributed by atoms with Crippen molar-refractivity contribution in [3.8, 4) is 0 Å². The van der Waals surface area contributed by atoms with E-state index in [1.165, 1.54) is 0 Å². The first-order valence-electron chi connectivity index (χ1n) is 3.04. The second-order valence-corrected chi connectivity index (χ2v) is 2.25. The summed E-state index contributed by atoms with van der Waals surface area (Å²) < 4.78 is 22.8. The van der Waals surface area contributed by atoms with Gasteiger partial charge in [0.1, 0.15) is 0 Å². The van der Waals surface area contributed by atoms with Gasteiger partial charge in [0.2, 0.25) is 0 Å². The third-order valence-corrected chi connectivity index (χ3v) is 0.975. The van der Waals surface area contributed by atoms with Crippen LogP contribution in [0.15, 0.2) is 12.2 Å². The van der Waals surface area contributed by atoms with Gasteiger partial charge >= 0.3 is 0 Å². The first-order valence-corrected chi connectivity index (χ1v) is 3.04. The smallest absolute Gasteiger partial charge is 0.257 e. The van der Waals surface area contributed by atoms with Crippen LogP contribution in [0.2, 0.25) is 0 Å². The van der Waals surface area contributed by atoms with Crippen molar-refractivity contribution >= 4 is 5.78 Å². The molecule has 0 saturated heterocycles. The summed E-state index contributed by atoms with van der Waals surface area (Å²) in [4.78, 5) is 10.6. The van der Waals surface area contributed by atoms with Gasteiger partial charge in [-0.3, -0.25) is 4.79 Å². The average Bonchev–Trinajstić information content (AvgIpc) is 1.82. The molecule has 0 aliphatic carbocycles. The number of carbonyl (C=O) groups excluding carboxylic acids is 1. The van der Waals surface area contributed by atoms with Crippen molar-refractivity contribution in [3.05, 3.63) is 12.2 Å². The molecule has 0 atom stereocenters. The van der Waals surface area contributed by atoms with Crippen molar-refractivity contribution in [2.45, 2.75) is 20.3 Å². The van der Waals surface area contributed by atoms with Gasteiger partial charge in [0, 0.05) is 5.92 Å². The van der Waals surface area contributed by atoms with Crippen LogP contribution >= 0.6 is 0 Å². The third-order valence-electron chi connectivity index (χ3n) is 0.975. The fourth-order valence-electron chi connectivity index (χ4n) is 0.360. The summed E-state index contributed by atoms with van der Waals surface area (Å²) in [5.74, 6) is -0.463. The van der Waals surface area contributed by atoms with E-state index < -0.39 is 6.43 Å². The van der Waals surface area contributed by atoms with Crippen LogP contribution in [0.5, 0.6) is 0 Å². The SMILES string of the molecule is CC(C)C(=O)/C=C/C(F)F. The number of allylic oxidation sites excluding steroid dienone is 2. The Hall–Kier alpha value is -0.730. The lowest BCUT2D eigenvalue weighted by Crippen LogP contribution is -2.02. The lowest BCUT2D eigenvalue weighted by molar-refractivity contribution is -0.117. The zero-order valence-corrected chi connectivity index (χ0v) is 5.97. The minimum absolute atomic E-state index is 0.199. The van der Waals surface area contributed by atoms with E-state index in [1.54, 1.807) is 13.8 Å². The number of carbonyl (C=O) groups is 1. The molecule has 0 aromatic rings. The summed E-state index contributed by atoms with van der Waals surface area (Å²) in [5.41, 5.74) is 0. The van der Waals surface area contributed by atoms with E-state index >= 15 is 0 Å². The van der Waals surface area contributed by atoms with Crippen LogP contribution in [-0.4, -0.2) is 12.2 Å². The molecule has 10 heavy (non-hydrogen) atoms. The van der Waals surface area contributed by atoms with Gasteiger partial charge in [0.05, 0.1) is 0 Å². The molecule has 0 unspecified atom stereocenters. The highest BCUT2D eigenvalue weighted by Crippen LogP contribution is 1.98. The van der Waals surface area contributed by atoms with Crippen LogP contribution in [0.3, 0.4) is 0 Å². The van der Waals surface area contributed by atoms with Crippen LogP contribution < -0.4 is 0 Å². The molecule has 0 fully saturated rings. The quantitative estimate of drug-likeness (QED) is 0.559. The second-order valence-electron chi connectivity index (χ2n) is 2.25. The fourth-order valence-corrected chi connectivity index (χ4v) is 0.360. The maximum absolute atomic E-state index is 11.4. The highest BCUT2D eigenvalue weighted by Gasteiger charge is 2.02. The minimum Gasteiger partial charge on any atom is -0.295 e. The number of rotatable bonds is 3. The highest BCUT2D eigenvalue weighted by atomic mass is 19.3. The van der Waals surface area contributed by atoms with E-state index in [0.717, 1.165) is 6.08 Å². The first kappa shape index (κ1) is 9.27. The molecule has 0 heterocycles. The van der Waals surface area contributed by atoms with E-state index in [2.05, 4.69) is 0 Å². The monoisotopic (exact) mass is 148 g/mol. The molecule has 58 valence electrons. The van der Waals surface area contributed by atoms with Crippen LogP contribution in [0.25, 0.3) is 0 Å². The molecule has 0 aromatic carbocycles. The van der Waals surface area contributed by atoms with Crippen molar-refractivity contribution in [2.24, 2.45) is 5.92 Å². The molecule has 0 bridgehead atoms. The standard InChI is InChI=1S/C7H10F2O/c1-5(2)6(10)3-4-7(8)9/h3-5,7H,1-2H3/b4-3+. The molecule has 0 aliphatic heterocycles. The highest BCUT2D eigenvalue weighted by molar-refractivity contribution is 5.91. The van der Waals surface area contributed by atoms with Gasteiger partial charge in [0.15, 0.2) is 5.78 Å². The number of halogens is 2. The van der Waals surface area contributed by atoms with Crippen molar-refractivity contribution < 1.29 is 13.6 Å². The van der Waals surface area contributed by atoms with Crippen LogP contribution in [0.1, 0.15) is 13.8 Å². The van der Waals surface area contributed by atoms with E-state index in [0.29, 0.717) is 6.08 Å². The van der Waals surface area contributed by atoms with Gasteiger partial charge in [0.25, 0.3) is 6.43 Å².